The van der Waals surface area contributed by atoms with E-state index in [-0.39, 0.29) is 0 Å². The molecule has 3 heteroatoms. The van der Waals surface area contributed by atoms with Gasteiger partial charge in [-0.15, -0.1) is 0 Å². The summed E-state index contributed by atoms with van der Waals surface area (Å²) in [5, 5.41) is 9.48. The minimum absolute atomic E-state index is 0.294. The van der Waals surface area contributed by atoms with Gasteiger partial charge in [0.15, 0.2) is 0 Å². The molecule has 1 aromatic carbocycles. The van der Waals surface area contributed by atoms with Crippen LogP contribution in [0.3, 0.4) is 0 Å². The van der Waals surface area contributed by atoms with Gasteiger partial charge < -0.3 is 9.84 Å². The van der Waals surface area contributed by atoms with E-state index in [4.69, 9.17) is 4.74 Å². The monoisotopic (exact) mass is 247 g/mol. The van der Waals surface area contributed by atoms with Crippen LogP contribution in [-0.4, -0.2) is 29.7 Å². The summed E-state index contributed by atoms with van der Waals surface area (Å²) in [7, 11) is 0. The molecular weight excluding hydrogens is 226 g/mol. The molecule has 0 saturated carbocycles. The smallest absolute Gasteiger partial charge is 0.127 e. The quantitative estimate of drug-likeness (QED) is 0.827. The van der Waals surface area contributed by atoms with Crippen LogP contribution in [0.4, 0.5) is 0 Å². The largest absolute Gasteiger partial charge is 0.508 e. The number of phenols is 1. The van der Waals surface area contributed by atoms with Gasteiger partial charge in [-0.1, -0.05) is 19.3 Å². The van der Waals surface area contributed by atoms with Gasteiger partial charge in [0.05, 0.1) is 6.04 Å². The Kier molecular flexibility index (Phi) is 3.41. The Morgan fingerprint density at radius 1 is 1.06 bits per heavy atom. The zero-order chi connectivity index (χ0) is 12.4. The lowest BCUT2D eigenvalue weighted by Gasteiger charge is -2.29. The van der Waals surface area contributed by atoms with Gasteiger partial charge in [-0.25, -0.2) is 0 Å². The maximum absolute atomic E-state index is 9.48. The molecule has 1 fully saturated rings. The summed E-state index contributed by atoms with van der Waals surface area (Å²) in [6.45, 7) is 3.08. The highest BCUT2D eigenvalue weighted by molar-refractivity contribution is 5.44. The second-order valence-corrected chi connectivity index (χ2v) is 5.35. The first-order valence-electron chi connectivity index (χ1n) is 7.04. The minimum atomic E-state index is 0.294. The lowest BCUT2D eigenvalue weighted by molar-refractivity contribution is 0.151. The molecule has 1 saturated heterocycles. The van der Waals surface area contributed by atoms with E-state index in [9.17, 15) is 5.11 Å². The summed E-state index contributed by atoms with van der Waals surface area (Å²) in [5.74, 6) is 1.16. The number of fused-ring (bicyclic) bond motifs is 1. The fourth-order valence-corrected chi connectivity index (χ4v) is 3.07. The number of benzene rings is 1. The first-order chi connectivity index (χ1) is 8.84. The van der Waals surface area contributed by atoms with Crippen LogP contribution in [0.5, 0.6) is 11.5 Å². The average Bonchev–Trinajstić information content (AvgIpc) is 2.71. The Morgan fingerprint density at radius 3 is 2.56 bits per heavy atom. The fourth-order valence-electron chi connectivity index (χ4n) is 3.07. The molecule has 18 heavy (non-hydrogen) atoms. The van der Waals surface area contributed by atoms with E-state index in [0.29, 0.717) is 11.8 Å². The summed E-state index contributed by atoms with van der Waals surface area (Å²) >= 11 is 0. The van der Waals surface area contributed by atoms with E-state index < -0.39 is 0 Å². The zero-order valence-corrected chi connectivity index (χ0v) is 10.8. The maximum atomic E-state index is 9.48. The number of hydrogen-bond donors (Lipinski definition) is 1. The van der Waals surface area contributed by atoms with Crippen molar-refractivity contribution < 1.29 is 9.84 Å². The summed E-state index contributed by atoms with van der Waals surface area (Å²) < 4.78 is 5.72. The number of phenolic OH excluding ortho intramolecular Hbond substituents is 1. The predicted molar refractivity (Wildman–Crippen MR) is 71.0 cm³/mol. The van der Waals surface area contributed by atoms with Crippen molar-refractivity contribution in [3.8, 4) is 11.5 Å². The molecule has 3 nitrogen and oxygen atoms in total. The van der Waals surface area contributed by atoms with Crippen LogP contribution in [0, 0.1) is 0 Å². The highest BCUT2D eigenvalue weighted by Gasteiger charge is 2.29. The molecule has 1 N–H and O–H groups in total. The van der Waals surface area contributed by atoms with Crippen molar-refractivity contribution in [3.05, 3.63) is 23.8 Å². The zero-order valence-electron chi connectivity index (χ0n) is 10.8. The Labute approximate surface area is 108 Å². The van der Waals surface area contributed by atoms with E-state index in [1.165, 1.54) is 50.8 Å². The van der Waals surface area contributed by atoms with Gasteiger partial charge in [-0.3, -0.25) is 4.90 Å². The van der Waals surface area contributed by atoms with Gasteiger partial charge >= 0.3 is 0 Å². The summed E-state index contributed by atoms with van der Waals surface area (Å²) in [6, 6.07) is 5.91. The van der Waals surface area contributed by atoms with Crippen molar-refractivity contribution in [3.63, 3.8) is 0 Å². The molecule has 0 radical (unpaired) electrons. The van der Waals surface area contributed by atoms with E-state index >= 15 is 0 Å². The molecule has 0 bridgehead atoms. The Balaban J connectivity index is 1.77. The van der Waals surface area contributed by atoms with E-state index in [1.54, 1.807) is 12.1 Å². The first-order valence-corrected chi connectivity index (χ1v) is 7.04. The number of aromatic hydroxyl groups is 1. The Hall–Kier alpha value is -1.22. The average molecular weight is 247 g/mol. The third-order valence-electron chi connectivity index (χ3n) is 4.08. The molecule has 1 unspecified atom stereocenters. The van der Waals surface area contributed by atoms with Crippen LogP contribution in [-0.2, 0) is 0 Å². The van der Waals surface area contributed by atoms with E-state index in [2.05, 4.69) is 4.90 Å². The number of hydrogen-bond acceptors (Lipinski definition) is 3. The van der Waals surface area contributed by atoms with Crippen molar-refractivity contribution >= 4 is 0 Å². The van der Waals surface area contributed by atoms with Crippen molar-refractivity contribution in [1.82, 2.24) is 4.90 Å². The number of ether oxygens (including phenoxy) is 1. The second kappa shape index (κ2) is 5.19. The number of rotatable bonds is 1. The summed E-state index contributed by atoms with van der Waals surface area (Å²) in [4.78, 5) is 2.56. The van der Waals surface area contributed by atoms with Gasteiger partial charge in [-0.2, -0.15) is 0 Å². The van der Waals surface area contributed by atoms with Gasteiger partial charge in [0.25, 0.3) is 0 Å². The molecule has 2 aliphatic heterocycles. The summed E-state index contributed by atoms with van der Waals surface area (Å²) in [6.07, 6.45) is 6.69. The molecule has 0 aromatic heterocycles. The highest BCUT2D eigenvalue weighted by atomic mass is 16.5. The normalized spacial score (nSPS) is 25.0. The first kappa shape index (κ1) is 11.8. The van der Waals surface area contributed by atoms with Crippen LogP contribution in [0.2, 0.25) is 0 Å². The fraction of sp³-hybridized carbons (Fsp3) is 0.600. The van der Waals surface area contributed by atoms with Crippen LogP contribution in [0.25, 0.3) is 0 Å². The lowest BCUT2D eigenvalue weighted by atomic mass is 10.0. The summed E-state index contributed by atoms with van der Waals surface area (Å²) in [5.41, 5.74) is 1.24. The number of likely N-dealkylation sites (tertiary alicyclic amines) is 1. The van der Waals surface area contributed by atoms with Crippen molar-refractivity contribution in [2.45, 2.75) is 38.1 Å². The van der Waals surface area contributed by atoms with E-state index in [0.717, 1.165) is 12.4 Å². The Morgan fingerprint density at radius 2 is 1.78 bits per heavy atom. The van der Waals surface area contributed by atoms with Gasteiger partial charge in [0, 0.05) is 11.6 Å². The number of nitrogens with zero attached hydrogens (tertiary/aromatic N) is 1. The molecule has 2 heterocycles. The Bertz CT molecular complexity index is 411. The van der Waals surface area contributed by atoms with Crippen LogP contribution in [0.15, 0.2) is 18.2 Å². The van der Waals surface area contributed by atoms with Crippen LogP contribution < -0.4 is 4.74 Å². The second-order valence-electron chi connectivity index (χ2n) is 5.35. The molecule has 2 aliphatic rings. The molecule has 0 aliphatic carbocycles. The van der Waals surface area contributed by atoms with Gasteiger partial charge in [0.1, 0.15) is 18.1 Å². The van der Waals surface area contributed by atoms with Gasteiger partial charge in [-0.05, 0) is 38.1 Å². The van der Waals surface area contributed by atoms with Crippen molar-refractivity contribution in [2.24, 2.45) is 0 Å². The lowest BCUT2D eigenvalue weighted by Crippen LogP contribution is -2.32. The molecule has 0 amide bonds. The third-order valence-corrected chi connectivity index (χ3v) is 4.08. The van der Waals surface area contributed by atoms with Crippen molar-refractivity contribution in [1.29, 1.82) is 0 Å². The standard InChI is InChI=1S/C15H21NO2/c17-12-6-7-13-14(11-18-15(13)10-12)16-8-4-2-1-3-5-9-16/h6-7,10,14,17H,1-5,8-9,11H2. The molecular formula is C15H21NO2. The molecule has 98 valence electrons. The molecule has 3 rings (SSSR count). The predicted octanol–water partition coefficient (Wildman–Crippen LogP) is 3.09. The van der Waals surface area contributed by atoms with Crippen LogP contribution >= 0.6 is 0 Å². The van der Waals surface area contributed by atoms with E-state index in [1.807, 2.05) is 6.07 Å². The minimum Gasteiger partial charge on any atom is -0.508 e. The third kappa shape index (κ3) is 2.32. The topological polar surface area (TPSA) is 32.7 Å². The maximum Gasteiger partial charge on any atom is 0.127 e. The SMILES string of the molecule is Oc1ccc2c(c1)OCC2N1CCCCCCC1. The van der Waals surface area contributed by atoms with Crippen molar-refractivity contribution in [2.75, 3.05) is 19.7 Å². The van der Waals surface area contributed by atoms with Gasteiger partial charge in [0.2, 0.25) is 0 Å². The highest BCUT2D eigenvalue weighted by Crippen LogP contribution is 2.38. The van der Waals surface area contributed by atoms with Crippen LogP contribution in [0.1, 0.15) is 43.7 Å². The molecule has 0 spiro atoms. The molecule has 1 atom stereocenters. The molecule has 1 aromatic rings.